The Labute approximate surface area is 187 Å². The Hall–Kier alpha value is -4.06. The second kappa shape index (κ2) is 11.4. The maximum absolute atomic E-state index is 12.7. The van der Waals surface area contributed by atoms with E-state index in [1.54, 1.807) is 12.1 Å². The van der Waals surface area contributed by atoms with E-state index in [4.69, 9.17) is 27.4 Å². The van der Waals surface area contributed by atoms with Crippen LogP contribution in [0.2, 0.25) is 0 Å². The molecule has 3 N–H and O–H groups in total. The molecule has 0 atom stereocenters. The minimum absolute atomic E-state index is 0.0281. The van der Waals surface area contributed by atoms with Crippen molar-refractivity contribution >= 4 is 40.7 Å². The summed E-state index contributed by atoms with van der Waals surface area (Å²) in [5.41, 5.74) is 6.34. The number of nitrogens with two attached hydrogens (primary N) is 1. The van der Waals surface area contributed by atoms with Crippen molar-refractivity contribution in [2.24, 2.45) is 5.73 Å². The Balaban J connectivity index is 2.17. The molecule has 168 valence electrons. The number of benzene rings is 2. The van der Waals surface area contributed by atoms with E-state index in [-0.39, 0.29) is 53.1 Å². The fourth-order valence-corrected chi connectivity index (χ4v) is 2.57. The van der Waals surface area contributed by atoms with Gasteiger partial charge in [0.15, 0.2) is 0 Å². The van der Waals surface area contributed by atoms with Crippen LogP contribution in [0.3, 0.4) is 0 Å². The maximum Gasteiger partial charge on any atom is 0.347 e. The predicted molar refractivity (Wildman–Crippen MR) is 116 cm³/mol. The number of nitrogens with one attached hydrogen (secondary N) is 1. The molecule has 1 amide bonds. The van der Waals surface area contributed by atoms with E-state index < -0.39 is 17.0 Å². The standard InChI is InChI=1S/C20H19N3O8S/c1-12(24)22-14-6-9-16(17(11-14)31-18(25)3-2-10-29-23(27)28)20(26)30-15-7-4-13(5-8-15)19(21)32/h4-9,11H,2-3,10H2,1H3,(H2,21,32)(H,22,24). The van der Waals surface area contributed by atoms with Crippen LogP contribution in [0.1, 0.15) is 35.7 Å². The molecule has 0 aliphatic heterocycles. The number of amides is 1. The van der Waals surface area contributed by atoms with Gasteiger partial charge in [-0.25, -0.2) is 4.79 Å². The first-order valence-electron chi connectivity index (χ1n) is 9.17. The Bertz CT molecular complexity index is 1040. The highest BCUT2D eigenvalue weighted by Crippen LogP contribution is 2.26. The molecule has 0 saturated carbocycles. The Morgan fingerprint density at radius 3 is 2.41 bits per heavy atom. The zero-order valence-corrected chi connectivity index (χ0v) is 17.7. The number of esters is 2. The second-order valence-corrected chi connectivity index (χ2v) is 6.74. The van der Waals surface area contributed by atoms with E-state index in [1.807, 2.05) is 0 Å². The number of anilines is 1. The summed E-state index contributed by atoms with van der Waals surface area (Å²) in [5, 5.41) is 11.7. The Morgan fingerprint density at radius 1 is 1.12 bits per heavy atom. The second-order valence-electron chi connectivity index (χ2n) is 6.30. The monoisotopic (exact) mass is 461 g/mol. The van der Waals surface area contributed by atoms with Gasteiger partial charge in [0.05, 0.1) is 6.61 Å². The van der Waals surface area contributed by atoms with Crippen LogP contribution >= 0.6 is 12.2 Å². The molecule has 0 unspecified atom stereocenters. The number of hydrogen-bond donors (Lipinski definition) is 2. The quantitative estimate of drug-likeness (QED) is 0.134. The molecule has 0 bridgehead atoms. The lowest BCUT2D eigenvalue weighted by Crippen LogP contribution is -2.16. The van der Waals surface area contributed by atoms with Crippen LogP contribution in [-0.4, -0.2) is 34.5 Å². The van der Waals surface area contributed by atoms with Gasteiger partial charge in [-0.3, -0.25) is 9.59 Å². The number of thiocarbonyl (C=S) groups is 1. The Morgan fingerprint density at radius 2 is 1.81 bits per heavy atom. The molecular weight excluding hydrogens is 442 g/mol. The van der Waals surface area contributed by atoms with E-state index >= 15 is 0 Å². The van der Waals surface area contributed by atoms with E-state index in [1.165, 1.54) is 37.3 Å². The number of ether oxygens (including phenoxy) is 2. The van der Waals surface area contributed by atoms with Crippen LogP contribution in [0.4, 0.5) is 5.69 Å². The summed E-state index contributed by atoms with van der Waals surface area (Å²) >= 11 is 4.87. The van der Waals surface area contributed by atoms with Gasteiger partial charge >= 0.3 is 11.9 Å². The van der Waals surface area contributed by atoms with E-state index in [0.29, 0.717) is 5.56 Å². The molecule has 0 spiro atoms. The van der Waals surface area contributed by atoms with Gasteiger partial charge < -0.3 is 25.4 Å². The molecule has 12 heteroatoms. The predicted octanol–water partition coefficient (Wildman–Crippen LogP) is 2.39. The van der Waals surface area contributed by atoms with Gasteiger partial charge in [0.25, 0.3) is 5.09 Å². The number of hydrogen-bond acceptors (Lipinski definition) is 9. The van der Waals surface area contributed by atoms with E-state index in [9.17, 15) is 24.5 Å². The summed E-state index contributed by atoms with van der Waals surface area (Å²) in [7, 11) is 0. The van der Waals surface area contributed by atoms with Gasteiger partial charge in [0.1, 0.15) is 22.1 Å². The first kappa shape index (κ1) is 24.2. The van der Waals surface area contributed by atoms with Crippen molar-refractivity contribution in [1.82, 2.24) is 0 Å². The van der Waals surface area contributed by atoms with Crippen molar-refractivity contribution < 1.29 is 33.8 Å². The third-order valence-corrected chi connectivity index (χ3v) is 4.05. The lowest BCUT2D eigenvalue weighted by Gasteiger charge is -2.12. The SMILES string of the molecule is CC(=O)Nc1ccc(C(=O)Oc2ccc(C(N)=S)cc2)c(OC(=O)CCCO[N+](=O)[O-])c1. The summed E-state index contributed by atoms with van der Waals surface area (Å²) < 4.78 is 10.5. The van der Waals surface area contributed by atoms with Gasteiger partial charge in [-0.15, -0.1) is 10.1 Å². The van der Waals surface area contributed by atoms with Crippen LogP contribution in [0.25, 0.3) is 0 Å². The molecule has 0 radical (unpaired) electrons. The van der Waals surface area contributed by atoms with Crippen molar-refractivity contribution in [3.05, 3.63) is 63.7 Å². The van der Waals surface area contributed by atoms with Gasteiger partial charge in [-0.05, 0) is 42.8 Å². The maximum atomic E-state index is 12.7. The Kier molecular flexibility index (Phi) is 8.60. The third-order valence-electron chi connectivity index (χ3n) is 3.82. The minimum atomic E-state index is -0.968. The molecular formula is C20H19N3O8S. The van der Waals surface area contributed by atoms with E-state index in [2.05, 4.69) is 10.2 Å². The molecule has 0 heterocycles. The average Bonchev–Trinajstić information content (AvgIpc) is 2.71. The summed E-state index contributed by atoms with van der Waals surface area (Å²) in [6.07, 6.45) is -0.173. The van der Waals surface area contributed by atoms with Crippen molar-refractivity contribution in [3.8, 4) is 11.5 Å². The summed E-state index contributed by atoms with van der Waals surface area (Å²) in [6, 6.07) is 10.2. The van der Waals surface area contributed by atoms with Crippen LogP contribution in [-0.2, 0) is 14.4 Å². The molecule has 2 aromatic rings. The van der Waals surface area contributed by atoms with Crippen LogP contribution < -0.4 is 20.5 Å². The van der Waals surface area contributed by atoms with Crippen molar-refractivity contribution in [2.45, 2.75) is 19.8 Å². The summed E-state index contributed by atoms with van der Waals surface area (Å²) in [4.78, 5) is 50.6. The molecule has 0 fully saturated rings. The van der Waals surface area contributed by atoms with E-state index in [0.717, 1.165) is 0 Å². The molecule has 0 aliphatic carbocycles. The fourth-order valence-electron chi connectivity index (χ4n) is 2.43. The molecule has 32 heavy (non-hydrogen) atoms. The van der Waals surface area contributed by atoms with Gasteiger partial charge in [0.2, 0.25) is 5.91 Å². The lowest BCUT2D eigenvalue weighted by molar-refractivity contribution is -0.757. The highest BCUT2D eigenvalue weighted by molar-refractivity contribution is 7.80. The normalized spacial score (nSPS) is 10.0. The highest BCUT2D eigenvalue weighted by atomic mass is 32.1. The zero-order chi connectivity index (χ0) is 23.7. The fraction of sp³-hybridized carbons (Fsp3) is 0.200. The largest absolute Gasteiger partial charge is 0.426 e. The van der Waals surface area contributed by atoms with Crippen LogP contribution in [0.15, 0.2) is 42.5 Å². The molecule has 2 aromatic carbocycles. The topological polar surface area (TPSA) is 160 Å². The van der Waals surface area contributed by atoms with Crippen LogP contribution in [0.5, 0.6) is 11.5 Å². The number of carbonyl (C=O) groups is 3. The zero-order valence-electron chi connectivity index (χ0n) is 16.9. The first-order valence-corrected chi connectivity index (χ1v) is 9.58. The highest BCUT2D eigenvalue weighted by Gasteiger charge is 2.19. The summed E-state index contributed by atoms with van der Waals surface area (Å²) in [5.74, 6) is -1.89. The van der Waals surface area contributed by atoms with Crippen molar-refractivity contribution in [3.63, 3.8) is 0 Å². The lowest BCUT2D eigenvalue weighted by atomic mass is 10.1. The molecule has 11 nitrogen and oxygen atoms in total. The smallest absolute Gasteiger partial charge is 0.347 e. The van der Waals surface area contributed by atoms with Crippen molar-refractivity contribution in [1.29, 1.82) is 0 Å². The van der Waals surface area contributed by atoms with Crippen molar-refractivity contribution in [2.75, 3.05) is 11.9 Å². The number of nitrogens with zero attached hydrogens (tertiary/aromatic N) is 1. The van der Waals surface area contributed by atoms with Gasteiger partial charge in [-0.2, -0.15) is 0 Å². The molecule has 0 aromatic heterocycles. The number of carbonyl (C=O) groups excluding carboxylic acids is 3. The van der Waals surface area contributed by atoms with Gasteiger partial charge in [-0.1, -0.05) is 12.2 Å². The summed E-state index contributed by atoms with van der Waals surface area (Å²) in [6.45, 7) is 1.00. The number of rotatable bonds is 10. The first-order chi connectivity index (χ1) is 15.2. The molecule has 0 saturated heterocycles. The van der Waals surface area contributed by atoms with Crippen LogP contribution in [0, 0.1) is 10.1 Å². The molecule has 0 aliphatic rings. The van der Waals surface area contributed by atoms with Gasteiger partial charge in [0, 0.05) is 30.7 Å². The minimum Gasteiger partial charge on any atom is -0.426 e. The third kappa shape index (κ3) is 7.65. The molecule has 2 rings (SSSR count). The average molecular weight is 461 g/mol.